The number of para-hydroxylation sites is 2. The number of nitrogens with zero attached hydrogens (tertiary/aromatic N) is 4. The zero-order valence-electron chi connectivity index (χ0n) is 31.8. The average molecular weight is 836 g/mol. The van der Waals surface area contributed by atoms with E-state index in [-0.39, 0.29) is 22.2 Å². The van der Waals surface area contributed by atoms with Gasteiger partial charge >= 0.3 is 0 Å². The molecule has 4 heterocycles. The molecule has 8 rings (SSSR count). The minimum atomic E-state index is -3.82. The molecule has 0 atom stereocenters. The Morgan fingerprint density at radius 2 is 1.02 bits per heavy atom. The van der Waals surface area contributed by atoms with Crippen molar-refractivity contribution in [3.05, 3.63) is 156 Å². The first-order chi connectivity index (χ1) is 28.4. The molecule has 2 aliphatic heterocycles. The fourth-order valence-electron chi connectivity index (χ4n) is 6.74. The number of hydrogen-bond acceptors (Lipinski definition) is 10. The molecule has 2 aromatic heterocycles. The molecule has 4 aromatic carbocycles. The number of methoxy groups -OCH3 is 2. The van der Waals surface area contributed by atoms with E-state index in [0.717, 1.165) is 15.9 Å². The van der Waals surface area contributed by atoms with Crippen LogP contribution < -0.4 is 33.4 Å². The molecule has 15 nitrogen and oxygen atoms in total. The quantitative estimate of drug-likeness (QED) is 0.120. The molecule has 0 saturated heterocycles. The smallest absolute Gasteiger partial charge is 0.264 e. The number of aromatic nitrogens is 2. The van der Waals surface area contributed by atoms with Crippen molar-refractivity contribution in [3.63, 3.8) is 0 Å². The van der Waals surface area contributed by atoms with Crippen molar-refractivity contribution in [2.45, 2.75) is 22.6 Å². The van der Waals surface area contributed by atoms with E-state index >= 15 is 0 Å². The van der Waals surface area contributed by atoms with Crippen molar-refractivity contribution in [1.29, 1.82) is 0 Å². The SMILES string of the molecule is COc1ccc(S(=O)(=O)N2CCc3cccc(NC(=O)c4cc[n+](O)cc4)c32)cc1.COc1ccc(S(=O)(=O)N2CCc3cccc(NC(=O)c4ccncc4)c32)cc1. The van der Waals surface area contributed by atoms with Crippen LogP contribution in [-0.4, -0.2) is 66.2 Å². The first-order valence-electron chi connectivity index (χ1n) is 18.2. The van der Waals surface area contributed by atoms with E-state index in [4.69, 9.17) is 9.47 Å². The summed E-state index contributed by atoms with van der Waals surface area (Å²) in [6.45, 7) is 0.596. The second kappa shape index (κ2) is 16.9. The van der Waals surface area contributed by atoms with E-state index in [1.165, 1.54) is 84.0 Å². The van der Waals surface area contributed by atoms with Gasteiger partial charge in [0, 0.05) is 47.9 Å². The number of anilines is 4. The van der Waals surface area contributed by atoms with Crippen molar-refractivity contribution >= 4 is 54.6 Å². The number of carbonyl (C=O) groups excluding carboxylic acids is 2. The van der Waals surface area contributed by atoms with Gasteiger partial charge in [0.1, 0.15) is 11.5 Å². The van der Waals surface area contributed by atoms with Crippen molar-refractivity contribution in [2.24, 2.45) is 0 Å². The van der Waals surface area contributed by atoms with Crippen LogP contribution in [0.25, 0.3) is 0 Å². The Bertz CT molecular complexity index is 2720. The Balaban J connectivity index is 0.000000179. The second-order valence-electron chi connectivity index (χ2n) is 13.2. The van der Waals surface area contributed by atoms with Gasteiger partial charge in [0.15, 0.2) is 0 Å². The molecule has 3 N–H and O–H groups in total. The number of nitrogens with one attached hydrogen (secondary N) is 2. The summed E-state index contributed by atoms with van der Waals surface area (Å²) in [5.74, 6) is 0.416. The Morgan fingerprint density at radius 3 is 1.42 bits per heavy atom. The van der Waals surface area contributed by atoms with Crippen LogP contribution in [0.15, 0.2) is 144 Å². The van der Waals surface area contributed by atoms with Crippen LogP contribution in [0.1, 0.15) is 31.8 Å². The van der Waals surface area contributed by atoms with Crippen LogP contribution in [0.2, 0.25) is 0 Å². The maximum absolute atomic E-state index is 13.3. The number of rotatable bonds is 10. The van der Waals surface area contributed by atoms with Gasteiger partial charge in [0.2, 0.25) is 12.4 Å². The van der Waals surface area contributed by atoms with Gasteiger partial charge in [-0.15, -0.1) is 0 Å². The summed E-state index contributed by atoms with van der Waals surface area (Å²) >= 11 is 0. The van der Waals surface area contributed by atoms with Crippen LogP contribution >= 0.6 is 0 Å². The molecule has 302 valence electrons. The lowest BCUT2D eigenvalue weighted by Crippen LogP contribution is -2.30. The van der Waals surface area contributed by atoms with E-state index in [2.05, 4.69) is 15.6 Å². The molecular weight excluding hydrogens is 797 g/mol. The number of pyridine rings is 2. The molecule has 0 spiro atoms. The Labute approximate surface area is 341 Å². The number of carbonyl (C=O) groups is 2. The highest BCUT2D eigenvalue weighted by Crippen LogP contribution is 2.41. The number of amides is 2. The third kappa shape index (κ3) is 8.37. The molecule has 0 fully saturated rings. The Hall–Kier alpha value is -6.98. The van der Waals surface area contributed by atoms with Gasteiger partial charge in [0.25, 0.3) is 31.9 Å². The fraction of sp³-hybridized carbons (Fsp3) is 0.143. The largest absolute Gasteiger partial charge is 0.497 e. The van der Waals surface area contributed by atoms with Gasteiger partial charge in [-0.25, -0.2) is 16.8 Å². The highest BCUT2D eigenvalue weighted by atomic mass is 32.2. The average Bonchev–Trinajstić information content (AvgIpc) is 3.92. The van der Waals surface area contributed by atoms with Crippen molar-refractivity contribution in [1.82, 2.24) is 4.98 Å². The molecule has 0 aliphatic carbocycles. The molecule has 59 heavy (non-hydrogen) atoms. The lowest BCUT2D eigenvalue weighted by atomic mass is 10.1. The van der Waals surface area contributed by atoms with Gasteiger partial charge in [-0.05, 0) is 96.8 Å². The van der Waals surface area contributed by atoms with Gasteiger partial charge in [0.05, 0.1) is 52.3 Å². The number of hydrogen-bond donors (Lipinski definition) is 3. The van der Waals surface area contributed by atoms with Gasteiger partial charge in [-0.1, -0.05) is 24.3 Å². The van der Waals surface area contributed by atoms with Crippen molar-refractivity contribution in [2.75, 3.05) is 46.6 Å². The van der Waals surface area contributed by atoms with Gasteiger partial charge in [-0.2, -0.15) is 0 Å². The summed E-state index contributed by atoms with van der Waals surface area (Å²) in [6, 6.07) is 29.3. The van der Waals surface area contributed by atoms with E-state index in [0.29, 0.717) is 64.8 Å². The van der Waals surface area contributed by atoms with Crippen LogP contribution in [-0.2, 0) is 32.9 Å². The highest BCUT2D eigenvalue weighted by molar-refractivity contribution is 7.93. The monoisotopic (exact) mass is 835 g/mol. The number of fused-ring (bicyclic) bond motifs is 2. The molecular formula is C42H39N6O9S2+. The molecule has 0 bridgehead atoms. The Kier molecular flexibility index (Phi) is 11.5. The predicted octanol–water partition coefficient (Wildman–Crippen LogP) is 5.32. The third-order valence-corrected chi connectivity index (χ3v) is 13.3. The summed E-state index contributed by atoms with van der Waals surface area (Å²) in [7, 11) is -4.56. The minimum absolute atomic E-state index is 0.146. The first kappa shape index (κ1) is 40.2. The highest BCUT2D eigenvalue weighted by Gasteiger charge is 2.35. The molecule has 6 aromatic rings. The number of sulfonamides is 2. The zero-order valence-corrected chi connectivity index (χ0v) is 33.5. The minimum Gasteiger partial charge on any atom is -0.497 e. The fourth-order valence-corrected chi connectivity index (χ4v) is 9.78. The maximum atomic E-state index is 13.3. The standard InChI is InChI=1S/C21H19N3O5S.C21H19N3O4S/c1-29-17-5-7-18(8-6-17)30(27,28)24-14-11-15-3-2-4-19(20(15)24)22-21(25)16-9-12-23(26)13-10-16;1-28-17-5-7-18(8-6-17)29(26,27)24-14-11-15-3-2-4-19(20(15)24)23-21(25)16-9-12-22-13-10-16/h2-10,12-13H,11,14H2,1H3,(H-,22,25,26);2-10,12-13H,11,14H2,1H3,(H,23,25)/p+1. The maximum Gasteiger partial charge on any atom is 0.264 e. The number of benzene rings is 4. The van der Waals surface area contributed by atoms with Crippen LogP contribution in [0.4, 0.5) is 22.7 Å². The lowest BCUT2D eigenvalue weighted by Gasteiger charge is -2.22. The normalized spacial score (nSPS) is 13.1. The predicted molar refractivity (Wildman–Crippen MR) is 219 cm³/mol. The second-order valence-corrected chi connectivity index (χ2v) is 17.0. The van der Waals surface area contributed by atoms with Gasteiger partial charge in [-0.3, -0.25) is 28.4 Å². The van der Waals surface area contributed by atoms with Crippen LogP contribution in [0.3, 0.4) is 0 Å². The lowest BCUT2D eigenvalue weighted by molar-refractivity contribution is -0.904. The van der Waals surface area contributed by atoms with E-state index in [9.17, 15) is 31.6 Å². The summed E-state index contributed by atoms with van der Waals surface area (Å²) < 4.78 is 66.8. The van der Waals surface area contributed by atoms with Gasteiger partial charge < -0.3 is 20.1 Å². The molecule has 0 radical (unpaired) electrons. The van der Waals surface area contributed by atoms with Crippen LogP contribution in [0, 0.1) is 0 Å². The van der Waals surface area contributed by atoms with E-state index < -0.39 is 26.0 Å². The molecule has 2 amide bonds. The molecule has 17 heteroatoms. The summed E-state index contributed by atoms with van der Waals surface area (Å²) in [5, 5.41) is 15.0. The first-order valence-corrected chi connectivity index (χ1v) is 21.1. The topological polar surface area (TPSA) is 188 Å². The third-order valence-electron chi connectivity index (χ3n) is 9.72. The Morgan fingerprint density at radius 1 is 0.610 bits per heavy atom. The zero-order chi connectivity index (χ0) is 41.7. The molecule has 0 saturated carbocycles. The molecule has 2 aliphatic rings. The summed E-state index contributed by atoms with van der Waals surface area (Å²) in [6.07, 6.45) is 6.86. The summed E-state index contributed by atoms with van der Waals surface area (Å²) in [4.78, 5) is 29.4. The van der Waals surface area contributed by atoms with Crippen molar-refractivity contribution < 1.29 is 45.8 Å². The van der Waals surface area contributed by atoms with Crippen molar-refractivity contribution in [3.8, 4) is 11.5 Å². The van der Waals surface area contributed by atoms with Crippen LogP contribution in [0.5, 0.6) is 11.5 Å². The van der Waals surface area contributed by atoms with E-state index in [1.54, 1.807) is 54.6 Å². The number of ether oxygens (including phenoxy) is 2. The van der Waals surface area contributed by atoms with E-state index in [1.807, 2.05) is 18.2 Å². The summed E-state index contributed by atoms with van der Waals surface area (Å²) in [5.41, 5.74) is 4.33. The molecule has 0 unspecified atom stereocenters.